The molecule has 14 heavy (non-hydrogen) atoms. The molecule has 0 saturated heterocycles. The van der Waals surface area contributed by atoms with Crippen LogP contribution in [0.1, 0.15) is 57.2 Å². The third-order valence-electron chi connectivity index (χ3n) is 3.07. The second-order valence-corrected chi connectivity index (χ2v) is 4.74. The van der Waals surface area contributed by atoms with Crippen LogP contribution in [0.3, 0.4) is 0 Å². The Balaban J connectivity index is 2.32. The minimum absolute atomic E-state index is 0.417. The van der Waals surface area contributed by atoms with E-state index in [1.807, 2.05) is 6.20 Å². The first-order valence-corrected chi connectivity index (χ1v) is 5.80. The van der Waals surface area contributed by atoms with Gasteiger partial charge in [0, 0.05) is 17.7 Å². The van der Waals surface area contributed by atoms with Gasteiger partial charge in [0.15, 0.2) is 0 Å². The molecule has 1 saturated carbocycles. The summed E-state index contributed by atoms with van der Waals surface area (Å²) < 4.78 is 2.16. The summed E-state index contributed by atoms with van der Waals surface area (Å²) in [6.45, 7) is 4.32. The molecule has 1 aliphatic carbocycles. The van der Waals surface area contributed by atoms with Gasteiger partial charge in [-0.15, -0.1) is 0 Å². The summed E-state index contributed by atoms with van der Waals surface area (Å²) in [7, 11) is 0. The summed E-state index contributed by atoms with van der Waals surface area (Å²) in [5.41, 5.74) is 1.34. The highest BCUT2D eigenvalue weighted by molar-refractivity contribution is 6.28. The van der Waals surface area contributed by atoms with Gasteiger partial charge in [0.2, 0.25) is 5.28 Å². The summed E-state index contributed by atoms with van der Waals surface area (Å²) in [6, 6.07) is 0.417. The van der Waals surface area contributed by atoms with Crippen LogP contribution in [-0.4, -0.2) is 9.55 Å². The Hall–Kier alpha value is -0.500. The second-order valence-electron chi connectivity index (χ2n) is 4.40. The molecule has 1 fully saturated rings. The van der Waals surface area contributed by atoms with Crippen molar-refractivity contribution in [2.75, 3.05) is 0 Å². The average Bonchev–Trinajstić information content (AvgIpc) is 2.70. The van der Waals surface area contributed by atoms with Gasteiger partial charge < -0.3 is 4.57 Å². The fourth-order valence-electron chi connectivity index (χ4n) is 2.39. The van der Waals surface area contributed by atoms with E-state index in [1.165, 1.54) is 31.4 Å². The maximum Gasteiger partial charge on any atom is 0.203 e. The molecule has 3 heteroatoms. The minimum atomic E-state index is 0.417. The molecule has 0 spiro atoms. The largest absolute Gasteiger partial charge is 0.316 e. The predicted octanol–water partition coefficient (Wildman–Crippen LogP) is 3.78. The monoisotopic (exact) mass is 212 g/mol. The number of imidazole rings is 1. The van der Waals surface area contributed by atoms with Gasteiger partial charge in [-0.2, -0.15) is 0 Å². The topological polar surface area (TPSA) is 17.8 Å². The highest BCUT2D eigenvalue weighted by atomic mass is 35.5. The van der Waals surface area contributed by atoms with Crippen LogP contribution in [0.5, 0.6) is 0 Å². The third kappa shape index (κ3) is 1.68. The maximum absolute atomic E-state index is 6.07. The van der Waals surface area contributed by atoms with Crippen molar-refractivity contribution in [3.05, 3.63) is 17.2 Å². The van der Waals surface area contributed by atoms with Crippen molar-refractivity contribution in [1.29, 1.82) is 0 Å². The van der Waals surface area contributed by atoms with Crippen molar-refractivity contribution in [2.45, 2.75) is 51.5 Å². The van der Waals surface area contributed by atoms with Crippen LogP contribution < -0.4 is 0 Å². The zero-order valence-corrected chi connectivity index (χ0v) is 9.59. The molecular formula is C11H17ClN2. The van der Waals surface area contributed by atoms with Gasteiger partial charge in [-0.25, -0.2) is 4.98 Å². The molecule has 78 valence electrons. The smallest absolute Gasteiger partial charge is 0.203 e. The molecule has 2 rings (SSSR count). The average molecular weight is 213 g/mol. The molecule has 0 atom stereocenters. The molecule has 0 amide bonds. The third-order valence-corrected chi connectivity index (χ3v) is 3.35. The molecule has 0 aliphatic heterocycles. The van der Waals surface area contributed by atoms with E-state index in [-0.39, 0.29) is 0 Å². The van der Waals surface area contributed by atoms with Crippen LogP contribution >= 0.6 is 11.6 Å². The lowest BCUT2D eigenvalue weighted by atomic mass is 10.0. The lowest BCUT2D eigenvalue weighted by Gasteiger charge is -2.16. The van der Waals surface area contributed by atoms with Crippen molar-refractivity contribution in [3.63, 3.8) is 0 Å². The first kappa shape index (κ1) is 10.0. The quantitative estimate of drug-likeness (QED) is 0.730. The van der Waals surface area contributed by atoms with E-state index in [0.717, 1.165) is 0 Å². The van der Waals surface area contributed by atoms with Crippen LogP contribution in [-0.2, 0) is 0 Å². The van der Waals surface area contributed by atoms with Crippen molar-refractivity contribution >= 4 is 11.6 Å². The van der Waals surface area contributed by atoms with Gasteiger partial charge in [0.25, 0.3) is 0 Å². The van der Waals surface area contributed by atoms with E-state index in [1.54, 1.807) is 0 Å². The number of nitrogens with zero attached hydrogens (tertiary/aromatic N) is 2. The fourth-order valence-corrected chi connectivity index (χ4v) is 2.73. The lowest BCUT2D eigenvalue weighted by Crippen LogP contribution is -2.08. The molecule has 1 aliphatic rings. The summed E-state index contributed by atoms with van der Waals surface area (Å²) in [6.07, 6.45) is 7.26. The Bertz CT molecular complexity index is 311. The summed E-state index contributed by atoms with van der Waals surface area (Å²) in [4.78, 5) is 4.21. The molecule has 2 nitrogen and oxygen atoms in total. The first-order chi connectivity index (χ1) is 6.70. The van der Waals surface area contributed by atoms with Gasteiger partial charge >= 0.3 is 0 Å². The molecule has 1 aromatic rings. The zero-order valence-electron chi connectivity index (χ0n) is 8.83. The number of aromatic nitrogens is 2. The van der Waals surface area contributed by atoms with Crippen LogP contribution in [0, 0.1) is 0 Å². The number of hydrogen-bond donors (Lipinski definition) is 0. The van der Waals surface area contributed by atoms with Crippen molar-refractivity contribution in [2.24, 2.45) is 0 Å². The summed E-state index contributed by atoms with van der Waals surface area (Å²) in [5, 5.41) is 0.641. The second kappa shape index (κ2) is 3.93. The van der Waals surface area contributed by atoms with Crippen LogP contribution in [0.4, 0.5) is 0 Å². The summed E-state index contributed by atoms with van der Waals surface area (Å²) >= 11 is 6.07. The Morgan fingerprint density at radius 2 is 2.07 bits per heavy atom. The molecule has 1 heterocycles. The normalized spacial score (nSPS) is 18.3. The Labute approximate surface area is 90.3 Å². The van der Waals surface area contributed by atoms with Crippen LogP contribution in [0.25, 0.3) is 0 Å². The van der Waals surface area contributed by atoms with E-state index < -0.39 is 0 Å². The molecule has 0 radical (unpaired) electrons. The Kier molecular flexibility index (Phi) is 2.82. The molecule has 0 bridgehead atoms. The van der Waals surface area contributed by atoms with Gasteiger partial charge in [-0.3, -0.25) is 0 Å². The van der Waals surface area contributed by atoms with Crippen molar-refractivity contribution in [1.82, 2.24) is 9.55 Å². The molecule has 0 unspecified atom stereocenters. The highest BCUT2D eigenvalue weighted by Crippen LogP contribution is 2.36. The summed E-state index contributed by atoms with van der Waals surface area (Å²) in [5.74, 6) is 0.692. The van der Waals surface area contributed by atoms with E-state index >= 15 is 0 Å². The van der Waals surface area contributed by atoms with Crippen molar-refractivity contribution < 1.29 is 0 Å². The zero-order chi connectivity index (χ0) is 10.1. The molecule has 1 aromatic heterocycles. The Morgan fingerprint density at radius 3 is 2.64 bits per heavy atom. The molecular weight excluding hydrogens is 196 g/mol. The van der Waals surface area contributed by atoms with E-state index in [0.29, 0.717) is 17.2 Å². The first-order valence-electron chi connectivity index (χ1n) is 5.42. The molecule has 0 N–H and O–H groups in total. The van der Waals surface area contributed by atoms with E-state index in [9.17, 15) is 0 Å². The van der Waals surface area contributed by atoms with Gasteiger partial charge in [0.05, 0.1) is 6.20 Å². The lowest BCUT2D eigenvalue weighted by molar-refractivity contribution is 0.540. The van der Waals surface area contributed by atoms with E-state index in [2.05, 4.69) is 23.4 Å². The predicted molar refractivity (Wildman–Crippen MR) is 58.8 cm³/mol. The number of rotatable bonds is 2. The van der Waals surface area contributed by atoms with E-state index in [4.69, 9.17) is 11.6 Å². The number of halogens is 1. The maximum atomic E-state index is 6.07. The standard InChI is InChI=1S/C11H17ClN2/c1-8(2)14-10(7-13-11(14)12)9-5-3-4-6-9/h7-9H,3-6H2,1-2H3. The van der Waals surface area contributed by atoms with Gasteiger partial charge in [-0.05, 0) is 38.3 Å². The minimum Gasteiger partial charge on any atom is -0.316 e. The van der Waals surface area contributed by atoms with Gasteiger partial charge in [0.1, 0.15) is 0 Å². The van der Waals surface area contributed by atoms with Crippen LogP contribution in [0.2, 0.25) is 5.28 Å². The Morgan fingerprint density at radius 1 is 1.43 bits per heavy atom. The highest BCUT2D eigenvalue weighted by Gasteiger charge is 2.22. The molecule has 0 aromatic carbocycles. The number of hydrogen-bond acceptors (Lipinski definition) is 1. The SMILES string of the molecule is CC(C)n1c(C2CCCC2)cnc1Cl. The fraction of sp³-hybridized carbons (Fsp3) is 0.727. The van der Waals surface area contributed by atoms with Crippen LogP contribution in [0.15, 0.2) is 6.20 Å². The van der Waals surface area contributed by atoms with Gasteiger partial charge in [-0.1, -0.05) is 12.8 Å². The van der Waals surface area contributed by atoms with Crippen molar-refractivity contribution in [3.8, 4) is 0 Å².